The molecule has 0 bridgehead atoms. The zero-order valence-corrected chi connectivity index (χ0v) is 11.8. The van der Waals surface area contributed by atoms with Crippen LogP contribution in [-0.4, -0.2) is 12.1 Å². The van der Waals surface area contributed by atoms with Crippen LogP contribution in [0.25, 0.3) is 0 Å². The Bertz CT molecular complexity index is 379. The smallest absolute Gasteiger partial charge is 0.314 e. The van der Waals surface area contributed by atoms with Gasteiger partial charge in [0.05, 0.1) is 12.0 Å². The highest BCUT2D eigenvalue weighted by atomic mass is 16.5. The van der Waals surface area contributed by atoms with E-state index in [1.807, 2.05) is 46.8 Å². The van der Waals surface area contributed by atoms with Crippen molar-refractivity contribution in [2.24, 2.45) is 11.8 Å². The van der Waals surface area contributed by atoms with Crippen LogP contribution in [0.5, 0.6) is 11.5 Å². The van der Waals surface area contributed by atoms with Crippen molar-refractivity contribution in [3.05, 3.63) is 24.3 Å². The van der Waals surface area contributed by atoms with Crippen LogP contribution in [0, 0.1) is 11.8 Å². The van der Waals surface area contributed by atoms with Crippen LogP contribution >= 0.6 is 0 Å². The minimum atomic E-state index is -0.192. The van der Waals surface area contributed by atoms with E-state index in [2.05, 4.69) is 0 Å². The maximum atomic E-state index is 11.8. The van der Waals surface area contributed by atoms with Crippen molar-refractivity contribution in [3.8, 4) is 11.5 Å². The van der Waals surface area contributed by atoms with E-state index in [4.69, 9.17) is 9.47 Å². The molecule has 3 heteroatoms. The first-order valence-electron chi connectivity index (χ1n) is 6.38. The number of hydrogen-bond acceptors (Lipinski definition) is 3. The molecule has 0 saturated carbocycles. The van der Waals surface area contributed by atoms with E-state index in [1.54, 1.807) is 12.1 Å². The van der Waals surface area contributed by atoms with Gasteiger partial charge in [-0.1, -0.05) is 20.8 Å². The van der Waals surface area contributed by atoms with Crippen molar-refractivity contribution in [1.82, 2.24) is 0 Å². The van der Waals surface area contributed by atoms with Gasteiger partial charge in [0, 0.05) is 0 Å². The Morgan fingerprint density at radius 3 is 1.89 bits per heavy atom. The molecule has 1 aromatic rings. The summed E-state index contributed by atoms with van der Waals surface area (Å²) >= 11 is 0. The summed E-state index contributed by atoms with van der Waals surface area (Å²) in [4.78, 5) is 11.8. The molecule has 0 radical (unpaired) electrons. The highest BCUT2D eigenvalue weighted by Crippen LogP contribution is 2.20. The first-order valence-corrected chi connectivity index (χ1v) is 6.38. The SMILES string of the molecule is CC(C)Oc1ccc(OC(=O)C(C)C(C)C)cc1. The molecular formula is C15H22O3. The molecule has 100 valence electrons. The van der Waals surface area contributed by atoms with Gasteiger partial charge in [-0.05, 0) is 44.0 Å². The lowest BCUT2D eigenvalue weighted by molar-refractivity contribution is -0.139. The van der Waals surface area contributed by atoms with Crippen LogP contribution < -0.4 is 9.47 Å². The Balaban J connectivity index is 2.61. The summed E-state index contributed by atoms with van der Waals surface area (Å²) in [5.41, 5.74) is 0. The number of esters is 1. The van der Waals surface area contributed by atoms with Crippen LogP contribution in [-0.2, 0) is 4.79 Å². The summed E-state index contributed by atoms with van der Waals surface area (Å²) in [7, 11) is 0. The average molecular weight is 250 g/mol. The van der Waals surface area contributed by atoms with Crippen LogP contribution in [0.2, 0.25) is 0 Å². The van der Waals surface area contributed by atoms with Crippen molar-refractivity contribution in [1.29, 1.82) is 0 Å². The molecule has 0 aromatic heterocycles. The number of carbonyl (C=O) groups is 1. The van der Waals surface area contributed by atoms with Crippen molar-refractivity contribution < 1.29 is 14.3 Å². The number of ether oxygens (including phenoxy) is 2. The molecule has 0 saturated heterocycles. The third kappa shape index (κ3) is 4.40. The molecular weight excluding hydrogens is 228 g/mol. The van der Waals surface area contributed by atoms with Gasteiger partial charge in [0.2, 0.25) is 0 Å². The lowest BCUT2D eigenvalue weighted by Crippen LogP contribution is -2.22. The quantitative estimate of drug-likeness (QED) is 0.591. The van der Waals surface area contributed by atoms with Gasteiger partial charge in [-0.2, -0.15) is 0 Å². The summed E-state index contributed by atoms with van der Waals surface area (Å²) < 4.78 is 10.8. The lowest BCUT2D eigenvalue weighted by atomic mass is 9.99. The number of rotatable bonds is 5. The maximum absolute atomic E-state index is 11.8. The van der Waals surface area contributed by atoms with E-state index < -0.39 is 0 Å². The van der Waals surface area contributed by atoms with Gasteiger partial charge < -0.3 is 9.47 Å². The number of hydrogen-bond donors (Lipinski definition) is 0. The molecule has 1 aromatic carbocycles. The summed E-state index contributed by atoms with van der Waals surface area (Å²) in [6.45, 7) is 9.83. The Labute approximate surface area is 109 Å². The Kier molecular flexibility index (Phi) is 5.20. The highest BCUT2D eigenvalue weighted by molar-refractivity contribution is 5.75. The van der Waals surface area contributed by atoms with Crippen LogP contribution in [0.4, 0.5) is 0 Å². The van der Waals surface area contributed by atoms with E-state index in [1.165, 1.54) is 0 Å². The molecule has 0 spiro atoms. The van der Waals surface area contributed by atoms with E-state index >= 15 is 0 Å². The molecule has 0 aliphatic carbocycles. The van der Waals surface area contributed by atoms with E-state index in [-0.39, 0.29) is 23.9 Å². The molecule has 18 heavy (non-hydrogen) atoms. The fraction of sp³-hybridized carbons (Fsp3) is 0.533. The zero-order valence-electron chi connectivity index (χ0n) is 11.8. The lowest BCUT2D eigenvalue weighted by Gasteiger charge is -2.14. The van der Waals surface area contributed by atoms with Gasteiger partial charge in [0.15, 0.2) is 0 Å². The first-order chi connectivity index (χ1) is 8.40. The minimum Gasteiger partial charge on any atom is -0.491 e. The second kappa shape index (κ2) is 6.43. The molecule has 1 unspecified atom stereocenters. The molecule has 0 aliphatic heterocycles. The second-order valence-electron chi connectivity index (χ2n) is 5.09. The Hall–Kier alpha value is -1.51. The minimum absolute atomic E-state index is 0.100. The van der Waals surface area contributed by atoms with Gasteiger partial charge in [0.1, 0.15) is 11.5 Å². The molecule has 1 rings (SSSR count). The molecule has 3 nitrogen and oxygen atoms in total. The Morgan fingerprint density at radius 1 is 0.944 bits per heavy atom. The fourth-order valence-corrected chi connectivity index (χ4v) is 1.34. The van der Waals surface area contributed by atoms with E-state index in [0.717, 1.165) is 5.75 Å². The Morgan fingerprint density at radius 2 is 1.44 bits per heavy atom. The highest BCUT2D eigenvalue weighted by Gasteiger charge is 2.18. The van der Waals surface area contributed by atoms with Gasteiger partial charge >= 0.3 is 5.97 Å². The van der Waals surface area contributed by atoms with Crippen molar-refractivity contribution >= 4 is 5.97 Å². The normalized spacial score (nSPS) is 12.6. The summed E-state index contributed by atoms with van der Waals surface area (Å²) in [5, 5.41) is 0. The second-order valence-corrected chi connectivity index (χ2v) is 5.09. The monoisotopic (exact) mass is 250 g/mol. The van der Waals surface area contributed by atoms with Gasteiger partial charge in [-0.3, -0.25) is 4.79 Å². The number of benzene rings is 1. The summed E-state index contributed by atoms with van der Waals surface area (Å²) in [6.07, 6.45) is 0.138. The maximum Gasteiger partial charge on any atom is 0.314 e. The van der Waals surface area contributed by atoms with E-state index in [9.17, 15) is 4.79 Å². The average Bonchev–Trinajstić information content (AvgIpc) is 2.29. The molecule has 1 atom stereocenters. The molecule has 0 heterocycles. The summed E-state index contributed by atoms with van der Waals surface area (Å²) in [5.74, 6) is 1.32. The predicted octanol–water partition coefficient (Wildman–Crippen LogP) is 3.67. The first kappa shape index (κ1) is 14.6. The van der Waals surface area contributed by atoms with Gasteiger partial charge in [-0.15, -0.1) is 0 Å². The third-order valence-electron chi connectivity index (χ3n) is 2.79. The fourth-order valence-electron chi connectivity index (χ4n) is 1.34. The molecule has 0 aliphatic rings. The van der Waals surface area contributed by atoms with Crippen LogP contribution in [0.1, 0.15) is 34.6 Å². The standard InChI is InChI=1S/C15H22O3/c1-10(2)12(5)15(16)18-14-8-6-13(7-9-14)17-11(3)4/h6-12H,1-5H3. The van der Waals surface area contributed by atoms with E-state index in [0.29, 0.717) is 5.75 Å². The van der Waals surface area contributed by atoms with Crippen LogP contribution in [0.15, 0.2) is 24.3 Å². The van der Waals surface area contributed by atoms with Crippen LogP contribution in [0.3, 0.4) is 0 Å². The predicted molar refractivity (Wildman–Crippen MR) is 71.8 cm³/mol. The zero-order chi connectivity index (χ0) is 13.7. The molecule has 0 fully saturated rings. The molecule has 0 amide bonds. The van der Waals surface area contributed by atoms with Crippen molar-refractivity contribution in [2.75, 3.05) is 0 Å². The number of carbonyl (C=O) groups excluding carboxylic acids is 1. The van der Waals surface area contributed by atoms with Gasteiger partial charge in [0.25, 0.3) is 0 Å². The van der Waals surface area contributed by atoms with Gasteiger partial charge in [-0.25, -0.2) is 0 Å². The topological polar surface area (TPSA) is 35.5 Å². The third-order valence-corrected chi connectivity index (χ3v) is 2.79. The van der Waals surface area contributed by atoms with Crippen molar-refractivity contribution in [3.63, 3.8) is 0 Å². The van der Waals surface area contributed by atoms with Crippen molar-refractivity contribution in [2.45, 2.75) is 40.7 Å². The summed E-state index contributed by atoms with van der Waals surface area (Å²) in [6, 6.07) is 7.12. The molecule has 0 N–H and O–H groups in total. The largest absolute Gasteiger partial charge is 0.491 e.